The summed E-state index contributed by atoms with van der Waals surface area (Å²) in [4.78, 5) is -0.0377. The van der Waals surface area contributed by atoms with Gasteiger partial charge in [0.15, 0.2) is 0 Å². The first-order chi connectivity index (χ1) is 9.75. The number of alkyl halides is 3. The number of nitrogens with zero attached hydrogens (tertiary/aromatic N) is 1. The van der Waals surface area contributed by atoms with Crippen LogP contribution in [-0.4, -0.2) is 32.0 Å². The number of nitrogens with one attached hydrogen (secondary N) is 1. The van der Waals surface area contributed by atoms with Gasteiger partial charge in [-0.2, -0.15) is 17.5 Å². The molecule has 0 aliphatic carbocycles. The molecule has 118 valence electrons. The van der Waals surface area contributed by atoms with Gasteiger partial charge in [-0.15, -0.1) is 0 Å². The first-order valence-electron chi connectivity index (χ1n) is 6.38. The highest BCUT2D eigenvalue weighted by atomic mass is 32.2. The van der Waals surface area contributed by atoms with Gasteiger partial charge >= 0.3 is 6.18 Å². The third-order valence-corrected chi connectivity index (χ3v) is 5.39. The zero-order valence-electron chi connectivity index (χ0n) is 11.1. The zero-order chi connectivity index (χ0) is 15.7. The minimum absolute atomic E-state index is 0.0362. The van der Waals surface area contributed by atoms with Crippen molar-refractivity contribution in [2.75, 3.05) is 18.5 Å². The molecule has 1 atom stereocenters. The molecule has 3 N–H and O–H groups in total. The van der Waals surface area contributed by atoms with Gasteiger partial charge in [0, 0.05) is 18.8 Å². The van der Waals surface area contributed by atoms with Gasteiger partial charge in [-0.3, -0.25) is 5.84 Å². The normalized spacial score (nSPS) is 21.2. The summed E-state index contributed by atoms with van der Waals surface area (Å²) in [5.41, 5.74) is 2.87. The Labute approximate surface area is 120 Å². The third kappa shape index (κ3) is 3.47. The first kappa shape index (κ1) is 16.1. The first-order valence-corrected chi connectivity index (χ1v) is 7.82. The lowest BCUT2D eigenvalue weighted by Crippen LogP contribution is -2.44. The van der Waals surface area contributed by atoms with Crippen LogP contribution in [0.4, 0.5) is 18.9 Å². The van der Waals surface area contributed by atoms with Crippen LogP contribution in [0.1, 0.15) is 12.8 Å². The van der Waals surface area contributed by atoms with E-state index in [-0.39, 0.29) is 24.3 Å². The molecular formula is C12H16F3N3O2S. The van der Waals surface area contributed by atoms with Gasteiger partial charge in [0.2, 0.25) is 10.0 Å². The Bertz CT molecular complexity index is 587. The zero-order valence-corrected chi connectivity index (χ0v) is 11.9. The second-order valence-corrected chi connectivity index (χ2v) is 6.85. The number of nitrogen functional groups attached to an aromatic ring is 1. The van der Waals surface area contributed by atoms with E-state index in [9.17, 15) is 21.6 Å². The molecule has 0 bridgehead atoms. The Morgan fingerprint density at radius 1 is 1.24 bits per heavy atom. The summed E-state index contributed by atoms with van der Waals surface area (Å²) in [7, 11) is -3.92. The highest BCUT2D eigenvalue weighted by Gasteiger charge is 2.44. The molecule has 0 saturated carbocycles. The van der Waals surface area contributed by atoms with E-state index in [1.165, 1.54) is 24.3 Å². The van der Waals surface area contributed by atoms with Crippen molar-refractivity contribution in [3.8, 4) is 0 Å². The van der Waals surface area contributed by atoms with E-state index in [4.69, 9.17) is 5.84 Å². The maximum Gasteiger partial charge on any atom is 0.393 e. The molecule has 0 aromatic heterocycles. The number of halogens is 3. The van der Waals surface area contributed by atoms with E-state index in [0.29, 0.717) is 5.69 Å². The topological polar surface area (TPSA) is 75.4 Å². The number of sulfonamides is 1. The Balaban J connectivity index is 2.22. The third-order valence-electron chi connectivity index (χ3n) is 3.51. The second kappa shape index (κ2) is 5.82. The number of hydrogen-bond acceptors (Lipinski definition) is 4. The number of rotatable bonds is 3. The maximum absolute atomic E-state index is 12.8. The van der Waals surface area contributed by atoms with Crippen LogP contribution >= 0.6 is 0 Å². The van der Waals surface area contributed by atoms with Crippen LogP contribution < -0.4 is 11.3 Å². The van der Waals surface area contributed by atoms with Crippen LogP contribution in [0.15, 0.2) is 29.2 Å². The molecule has 5 nitrogen and oxygen atoms in total. The highest BCUT2D eigenvalue weighted by molar-refractivity contribution is 7.89. The molecule has 1 heterocycles. The van der Waals surface area contributed by atoms with Gasteiger partial charge in [0.05, 0.1) is 10.8 Å². The average molecular weight is 323 g/mol. The number of benzene rings is 1. The van der Waals surface area contributed by atoms with Crippen LogP contribution in [0.25, 0.3) is 0 Å². The summed E-state index contributed by atoms with van der Waals surface area (Å²) in [5.74, 6) is 3.58. The molecule has 1 aromatic rings. The molecule has 0 amide bonds. The lowest BCUT2D eigenvalue weighted by atomic mass is 9.99. The van der Waals surface area contributed by atoms with Crippen molar-refractivity contribution >= 4 is 15.7 Å². The molecule has 2 rings (SSSR count). The molecule has 21 heavy (non-hydrogen) atoms. The van der Waals surface area contributed by atoms with Crippen molar-refractivity contribution in [1.29, 1.82) is 0 Å². The van der Waals surface area contributed by atoms with Gasteiger partial charge in [0.25, 0.3) is 0 Å². The smallest absolute Gasteiger partial charge is 0.324 e. The van der Waals surface area contributed by atoms with Crippen LogP contribution in [0.3, 0.4) is 0 Å². The summed E-state index contributed by atoms with van der Waals surface area (Å²) in [6.45, 7) is -0.422. The highest BCUT2D eigenvalue weighted by Crippen LogP contribution is 2.35. The fourth-order valence-electron chi connectivity index (χ4n) is 2.30. The molecule has 9 heteroatoms. The summed E-state index contributed by atoms with van der Waals surface area (Å²) in [6, 6.07) is 5.56. The van der Waals surface area contributed by atoms with E-state index < -0.39 is 28.7 Å². The minimum Gasteiger partial charge on any atom is -0.324 e. The fourth-order valence-corrected chi connectivity index (χ4v) is 3.82. The van der Waals surface area contributed by atoms with Gasteiger partial charge in [-0.1, -0.05) is 0 Å². The molecule has 1 unspecified atom stereocenters. The molecule has 1 aliphatic rings. The summed E-state index contributed by atoms with van der Waals surface area (Å²) < 4.78 is 63.9. The fraction of sp³-hybridized carbons (Fsp3) is 0.500. The Hall–Kier alpha value is -1.32. The predicted octanol–water partition coefficient (Wildman–Crippen LogP) is 1.94. The average Bonchev–Trinajstić information content (AvgIpc) is 2.46. The molecule has 1 aliphatic heterocycles. The molecule has 0 radical (unpaired) electrons. The van der Waals surface area contributed by atoms with E-state index in [1.807, 2.05) is 0 Å². The molecule has 0 spiro atoms. The Kier molecular flexibility index (Phi) is 4.45. The molecule has 1 aromatic carbocycles. The number of piperidine rings is 1. The van der Waals surface area contributed by atoms with Gasteiger partial charge in [-0.05, 0) is 37.1 Å². The van der Waals surface area contributed by atoms with Crippen molar-refractivity contribution < 1.29 is 21.6 Å². The summed E-state index contributed by atoms with van der Waals surface area (Å²) in [6.07, 6.45) is -4.21. The van der Waals surface area contributed by atoms with Gasteiger partial charge in [0.1, 0.15) is 0 Å². The van der Waals surface area contributed by atoms with Crippen LogP contribution in [-0.2, 0) is 10.0 Å². The lowest BCUT2D eigenvalue weighted by molar-refractivity contribution is -0.182. The van der Waals surface area contributed by atoms with Crippen LogP contribution in [0.2, 0.25) is 0 Å². The Morgan fingerprint density at radius 3 is 2.38 bits per heavy atom. The van der Waals surface area contributed by atoms with E-state index in [1.54, 1.807) is 0 Å². The van der Waals surface area contributed by atoms with Crippen molar-refractivity contribution in [1.82, 2.24) is 4.31 Å². The van der Waals surface area contributed by atoms with Crippen LogP contribution in [0.5, 0.6) is 0 Å². The van der Waals surface area contributed by atoms with E-state index >= 15 is 0 Å². The number of hydrazine groups is 1. The Morgan fingerprint density at radius 2 is 1.86 bits per heavy atom. The lowest BCUT2D eigenvalue weighted by Gasteiger charge is -2.32. The van der Waals surface area contributed by atoms with Crippen molar-refractivity contribution in [2.24, 2.45) is 11.8 Å². The predicted molar refractivity (Wildman–Crippen MR) is 71.8 cm³/mol. The standard InChI is InChI=1S/C12H16F3N3O2S/c13-12(14,15)9-2-1-7-18(8-9)21(19,20)11-5-3-10(17-16)4-6-11/h3-6,9,17H,1-2,7-8,16H2. The largest absolute Gasteiger partial charge is 0.393 e. The summed E-state index contributed by atoms with van der Waals surface area (Å²) in [5, 5.41) is 0. The van der Waals surface area contributed by atoms with Gasteiger partial charge < -0.3 is 5.43 Å². The van der Waals surface area contributed by atoms with Crippen LogP contribution in [0, 0.1) is 5.92 Å². The molecule has 1 fully saturated rings. The quantitative estimate of drug-likeness (QED) is 0.658. The molecule has 1 saturated heterocycles. The van der Waals surface area contributed by atoms with Crippen molar-refractivity contribution in [2.45, 2.75) is 23.9 Å². The minimum atomic E-state index is -4.37. The number of nitrogens with two attached hydrogens (primary N) is 1. The second-order valence-electron chi connectivity index (χ2n) is 4.91. The monoisotopic (exact) mass is 323 g/mol. The maximum atomic E-state index is 12.8. The van der Waals surface area contributed by atoms with E-state index in [2.05, 4.69) is 5.43 Å². The number of hydrogen-bond donors (Lipinski definition) is 2. The van der Waals surface area contributed by atoms with Crippen molar-refractivity contribution in [3.05, 3.63) is 24.3 Å². The number of anilines is 1. The SMILES string of the molecule is NNc1ccc(S(=O)(=O)N2CCCC(C(F)(F)F)C2)cc1. The van der Waals surface area contributed by atoms with E-state index in [0.717, 1.165) is 4.31 Å². The summed E-state index contributed by atoms with van der Waals surface area (Å²) >= 11 is 0. The molecular weight excluding hydrogens is 307 g/mol. The van der Waals surface area contributed by atoms with Crippen molar-refractivity contribution in [3.63, 3.8) is 0 Å². The van der Waals surface area contributed by atoms with Gasteiger partial charge in [-0.25, -0.2) is 8.42 Å².